The maximum atomic E-state index is 11.4. The number of aromatic nitrogens is 4. The van der Waals surface area contributed by atoms with Gasteiger partial charge in [0, 0.05) is 6.42 Å². The number of hydrogen-bond donors (Lipinski definition) is 2. The Labute approximate surface area is 120 Å². The third-order valence-electron chi connectivity index (χ3n) is 2.70. The molecule has 2 aromatic rings. The summed E-state index contributed by atoms with van der Waals surface area (Å²) in [7, 11) is 0. The Kier molecular flexibility index (Phi) is 4.60. The van der Waals surface area contributed by atoms with Gasteiger partial charge in [0.25, 0.3) is 0 Å². The van der Waals surface area contributed by atoms with Crippen molar-refractivity contribution in [1.29, 1.82) is 0 Å². The van der Waals surface area contributed by atoms with Gasteiger partial charge < -0.3 is 10.4 Å². The predicted octanol–water partition coefficient (Wildman–Crippen LogP) is -0.227. The second kappa shape index (κ2) is 6.60. The second-order valence-electron chi connectivity index (χ2n) is 4.57. The van der Waals surface area contributed by atoms with Crippen molar-refractivity contribution in [1.82, 2.24) is 25.5 Å². The molecule has 8 heteroatoms. The molecule has 0 saturated heterocycles. The smallest absolute Gasteiger partial charge is 0.322 e. The number of nitrogens with one attached hydrogen (secondary N) is 1. The molecule has 110 valence electrons. The molecule has 1 aromatic heterocycles. The van der Waals surface area contributed by atoms with Gasteiger partial charge >= 0.3 is 5.97 Å². The van der Waals surface area contributed by atoms with Gasteiger partial charge in [0.2, 0.25) is 5.91 Å². The quantitative estimate of drug-likeness (QED) is 0.760. The molecule has 21 heavy (non-hydrogen) atoms. The van der Waals surface area contributed by atoms with E-state index in [4.69, 9.17) is 5.11 Å². The molecular formula is C13H15N5O3. The Hall–Kier alpha value is -2.77. The van der Waals surface area contributed by atoms with E-state index in [-0.39, 0.29) is 6.54 Å². The first kappa shape index (κ1) is 14.6. The van der Waals surface area contributed by atoms with Crippen LogP contribution in [0.5, 0.6) is 0 Å². The van der Waals surface area contributed by atoms with Crippen LogP contribution in [0, 0.1) is 6.92 Å². The average Bonchev–Trinajstić information content (AvgIpc) is 2.86. The molecule has 0 fully saturated rings. The molecule has 0 atom stereocenters. The van der Waals surface area contributed by atoms with Crippen molar-refractivity contribution in [2.24, 2.45) is 0 Å². The van der Waals surface area contributed by atoms with Crippen molar-refractivity contribution < 1.29 is 14.7 Å². The summed E-state index contributed by atoms with van der Waals surface area (Å²) in [5, 5.41) is 22.4. The van der Waals surface area contributed by atoms with Crippen molar-refractivity contribution >= 4 is 11.9 Å². The van der Waals surface area contributed by atoms with E-state index < -0.39 is 18.4 Å². The highest BCUT2D eigenvalue weighted by Gasteiger charge is 2.09. The SMILES string of the molecule is Cc1ccc(Cc2nnn(CC(=O)NCC(=O)O)n2)cc1. The molecule has 8 nitrogen and oxygen atoms in total. The molecule has 0 bridgehead atoms. The summed E-state index contributed by atoms with van der Waals surface area (Å²) in [4.78, 5) is 22.9. The number of rotatable bonds is 6. The monoisotopic (exact) mass is 289 g/mol. The summed E-state index contributed by atoms with van der Waals surface area (Å²) in [6.45, 7) is 1.42. The van der Waals surface area contributed by atoms with Gasteiger partial charge in [0.15, 0.2) is 5.82 Å². The molecule has 1 amide bonds. The molecule has 2 N–H and O–H groups in total. The van der Waals surface area contributed by atoms with Gasteiger partial charge in [-0.3, -0.25) is 9.59 Å². The maximum Gasteiger partial charge on any atom is 0.322 e. The van der Waals surface area contributed by atoms with E-state index in [2.05, 4.69) is 20.7 Å². The van der Waals surface area contributed by atoms with E-state index in [0.29, 0.717) is 12.2 Å². The van der Waals surface area contributed by atoms with Gasteiger partial charge in [-0.05, 0) is 17.7 Å². The number of tetrazole rings is 1. The van der Waals surface area contributed by atoms with E-state index in [1.165, 1.54) is 5.56 Å². The molecule has 0 aliphatic heterocycles. The van der Waals surface area contributed by atoms with Crippen LogP contribution >= 0.6 is 0 Å². The van der Waals surface area contributed by atoms with E-state index in [9.17, 15) is 9.59 Å². The largest absolute Gasteiger partial charge is 0.480 e. The minimum atomic E-state index is -1.10. The summed E-state index contributed by atoms with van der Waals surface area (Å²) in [6.07, 6.45) is 0.525. The zero-order valence-corrected chi connectivity index (χ0v) is 11.5. The Morgan fingerprint density at radius 1 is 1.29 bits per heavy atom. The normalized spacial score (nSPS) is 10.3. The van der Waals surface area contributed by atoms with Crippen LogP contribution in [0.3, 0.4) is 0 Å². The van der Waals surface area contributed by atoms with Crippen LogP contribution in [-0.4, -0.2) is 43.7 Å². The molecular weight excluding hydrogens is 274 g/mol. The predicted molar refractivity (Wildman–Crippen MR) is 72.4 cm³/mol. The number of aliphatic carboxylic acids is 1. The van der Waals surface area contributed by atoms with Gasteiger partial charge in [0.05, 0.1) is 0 Å². The molecule has 2 rings (SSSR count). The summed E-state index contributed by atoms with van der Waals surface area (Å²) < 4.78 is 0. The number of carboxylic acids is 1. The number of carbonyl (C=O) groups is 2. The van der Waals surface area contributed by atoms with Gasteiger partial charge in [-0.25, -0.2) is 0 Å². The Balaban J connectivity index is 1.90. The average molecular weight is 289 g/mol. The molecule has 0 aliphatic rings. The Bertz CT molecular complexity index is 636. The lowest BCUT2D eigenvalue weighted by molar-refractivity contribution is -0.138. The molecule has 1 heterocycles. The van der Waals surface area contributed by atoms with Crippen LogP contribution < -0.4 is 5.32 Å². The van der Waals surface area contributed by atoms with E-state index in [0.717, 1.165) is 10.4 Å². The number of carbonyl (C=O) groups excluding carboxylic acids is 1. The Morgan fingerprint density at radius 2 is 2.00 bits per heavy atom. The van der Waals surface area contributed by atoms with Crippen molar-refractivity contribution in [3.05, 3.63) is 41.2 Å². The minimum absolute atomic E-state index is 0.159. The molecule has 0 aliphatic carbocycles. The standard InChI is InChI=1S/C13H15N5O3/c1-9-2-4-10(5-3-9)6-11-15-17-18(16-11)8-12(19)14-7-13(20)21/h2-5H,6-8H2,1H3,(H,14,19)(H,20,21). The summed E-state index contributed by atoms with van der Waals surface area (Å²) in [5.74, 6) is -1.07. The highest BCUT2D eigenvalue weighted by molar-refractivity contribution is 5.80. The third kappa shape index (κ3) is 4.68. The molecule has 0 unspecified atom stereocenters. The maximum absolute atomic E-state index is 11.4. The van der Waals surface area contributed by atoms with Gasteiger partial charge in [-0.2, -0.15) is 4.80 Å². The number of nitrogens with zero attached hydrogens (tertiary/aromatic N) is 4. The summed E-state index contributed by atoms with van der Waals surface area (Å²) in [6, 6.07) is 7.96. The van der Waals surface area contributed by atoms with Crippen molar-refractivity contribution in [2.45, 2.75) is 19.9 Å². The fourth-order valence-corrected chi connectivity index (χ4v) is 1.66. The number of benzene rings is 1. The van der Waals surface area contributed by atoms with Crippen molar-refractivity contribution in [3.63, 3.8) is 0 Å². The fraction of sp³-hybridized carbons (Fsp3) is 0.308. The van der Waals surface area contributed by atoms with Crippen molar-refractivity contribution in [2.75, 3.05) is 6.54 Å². The number of hydrogen-bond acceptors (Lipinski definition) is 5. The second-order valence-corrected chi connectivity index (χ2v) is 4.57. The Morgan fingerprint density at radius 3 is 2.67 bits per heavy atom. The van der Waals surface area contributed by atoms with Crippen LogP contribution in [0.1, 0.15) is 17.0 Å². The van der Waals surface area contributed by atoms with Crippen LogP contribution in [0.4, 0.5) is 0 Å². The first-order valence-electron chi connectivity index (χ1n) is 6.33. The summed E-state index contributed by atoms with van der Waals surface area (Å²) >= 11 is 0. The third-order valence-corrected chi connectivity index (χ3v) is 2.70. The van der Waals surface area contributed by atoms with Crippen LogP contribution in [0.2, 0.25) is 0 Å². The fourth-order valence-electron chi connectivity index (χ4n) is 1.66. The molecule has 0 saturated carbocycles. The van der Waals surface area contributed by atoms with Gasteiger partial charge in [-0.15, -0.1) is 10.2 Å². The number of amides is 1. The van der Waals surface area contributed by atoms with E-state index in [1.807, 2.05) is 31.2 Å². The van der Waals surface area contributed by atoms with Crippen LogP contribution in [-0.2, 0) is 22.6 Å². The zero-order chi connectivity index (χ0) is 15.2. The van der Waals surface area contributed by atoms with Gasteiger partial charge in [0.1, 0.15) is 13.1 Å². The van der Waals surface area contributed by atoms with Crippen molar-refractivity contribution in [3.8, 4) is 0 Å². The molecule has 0 spiro atoms. The number of carboxylic acid groups (broad SMARTS) is 1. The molecule has 1 aromatic carbocycles. The minimum Gasteiger partial charge on any atom is -0.480 e. The van der Waals surface area contributed by atoms with E-state index in [1.54, 1.807) is 0 Å². The lowest BCUT2D eigenvalue weighted by Gasteiger charge is -2.00. The number of aryl methyl sites for hydroxylation is 1. The summed E-state index contributed by atoms with van der Waals surface area (Å²) in [5.41, 5.74) is 2.22. The first-order chi connectivity index (χ1) is 10.0. The highest BCUT2D eigenvalue weighted by atomic mass is 16.4. The van der Waals surface area contributed by atoms with Gasteiger partial charge in [-0.1, -0.05) is 29.8 Å². The highest BCUT2D eigenvalue weighted by Crippen LogP contribution is 2.06. The zero-order valence-electron chi connectivity index (χ0n) is 11.5. The molecule has 0 radical (unpaired) electrons. The van der Waals surface area contributed by atoms with E-state index >= 15 is 0 Å². The lowest BCUT2D eigenvalue weighted by atomic mass is 10.1. The van der Waals surface area contributed by atoms with Crippen LogP contribution in [0.15, 0.2) is 24.3 Å². The van der Waals surface area contributed by atoms with Crippen LogP contribution in [0.25, 0.3) is 0 Å². The first-order valence-corrected chi connectivity index (χ1v) is 6.33. The topological polar surface area (TPSA) is 110 Å². The lowest BCUT2D eigenvalue weighted by Crippen LogP contribution is -2.32.